The molecule has 9 nitrogen and oxygen atoms in total. The number of nitrogens with one attached hydrogen (secondary N) is 2. The highest BCUT2D eigenvalue weighted by molar-refractivity contribution is 5.94. The molecule has 1 amide bonds. The number of carbonyl (C=O) groups excluding carboxylic acids is 1. The number of anilines is 4. The summed E-state index contributed by atoms with van der Waals surface area (Å²) in [6.45, 7) is 4.42. The molecular formula is C21H32N6O3. The van der Waals surface area contributed by atoms with Gasteiger partial charge in [-0.2, -0.15) is 4.98 Å². The number of aryl methyl sites for hydroxylation is 1. The number of fused-ring (bicyclic) bond motifs is 1. The highest BCUT2D eigenvalue weighted by Crippen LogP contribution is 2.33. The SMILES string of the molecule is CNC(=O)c1ccc(Nc2ncc3c(n2)N(C2CCOCC2)COCN3C)c(C)c1.[HH].[HH]. The first kappa shape index (κ1) is 20.4. The zero-order valence-corrected chi connectivity index (χ0v) is 17.6. The number of hydrogen-bond donors (Lipinski definition) is 2. The predicted octanol–water partition coefficient (Wildman–Crippen LogP) is 2.75. The van der Waals surface area contributed by atoms with Crippen molar-refractivity contribution < 1.29 is 17.1 Å². The van der Waals surface area contributed by atoms with E-state index in [0.29, 0.717) is 31.0 Å². The molecule has 0 atom stereocenters. The van der Waals surface area contributed by atoms with E-state index in [1.54, 1.807) is 13.1 Å². The molecule has 2 aromatic rings. The third kappa shape index (κ3) is 4.17. The maximum absolute atomic E-state index is 11.9. The number of aromatic nitrogens is 2. The molecule has 2 N–H and O–H groups in total. The smallest absolute Gasteiger partial charge is 0.251 e. The second-order valence-electron chi connectivity index (χ2n) is 7.61. The quantitative estimate of drug-likeness (QED) is 0.786. The molecule has 1 fully saturated rings. The number of carbonyl (C=O) groups is 1. The zero-order chi connectivity index (χ0) is 21.1. The fraction of sp³-hybridized carbons (Fsp3) is 0.476. The molecule has 0 spiro atoms. The molecule has 2 aliphatic heterocycles. The van der Waals surface area contributed by atoms with Crippen LogP contribution in [0.5, 0.6) is 0 Å². The third-order valence-corrected chi connectivity index (χ3v) is 5.54. The van der Waals surface area contributed by atoms with Crippen LogP contribution in [0.2, 0.25) is 0 Å². The molecule has 0 bridgehead atoms. The molecule has 0 aliphatic carbocycles. The van der Waals surface area contributed by atoms with E-state index in [0.717, 1.165) is 48.8 Å². The van der Waals surface area contributed by atoms with E-state index in [2.05, 4.69) is 20.5 Å². The number of rotatable bonds is 4. The van der Waals surface area contributed by atoms with Crippen LogP contribution in [0.25, 0.3) is 0 Å². The second-order valence-corrected chi connectivity index (χ2v) is 7.61. The summed E-state index contributed by atoms with van der Waals surface area (Å²) in [5.74, 6) is 1.26. The predicted molar refractivity (Wildman–Crippen MR) is 120 cm³/mol. The number of hydrogen-bond acceptors (Lipinski definition) is 8. The van der Waals surface area contributed by atoms with Gasteiger partial charge in [-0.3, -0.25) is 4.79 Å². The molecule has 3 heterocycles. The van der Waals surface area contributed by atoms with Crippen LogP contribution in [0.4, 0.5) is 23.1 Å². The third-order valence-electron chi connectivity index (χ3n) is 5.54. The van der Waals surface area contributed by atoms with E-state index in [4.69, 9.17) is 14.5 Å². The Labute approximate surface area is 179 Å². The highest BCUT2D eigenvalue weighted by Gasteiger charge is 2.29. The fourth-order valence-electron chi connectivity index (χ4n) is 3.80. The molecule has 4 rings (SSSR count). The van der Waals surface area contributed by atoms with Crippen molar-refractivity contribution in [2.45, 2.75) is 25.8 Å². The molecule has 1 saturated heterocycles. The van der Waals surface area contributed by atoms with Gasteiger partial charge < -0.3 is 29.9 Å². The minimum Gasteiger partial charge on any atom is -0.381 e. The number of benzene rings is 1. The lowest BCUT2D eigenvalue weighted by atomic mass is 10.1. The van der Waals surface area contributed by atoms with Gasteiger partial charge in [-0.05, 0) is 43.5 Å². The minimum atomic E-state index is -0.110. The van der Waals surface area contributed by atoms with Gasteiger partial charge in [0.15, 0.2) is 5.82 Å². The van der Waals surface area contributed by atoms with Gasteiger partial charge in [-0.25, -0.2) is 4.98 Å². The normalized spacial score (nSPS) is 17.3. The summed E-state index contributed by atoms with van der Waals surface area (Å²) < 4.78 is 11.4. The lowest BCUT2D eigenvalue weighted by Crippen LogP contribution is -2.41. The van der Waals surface area contributed by atoms with E-state index in [1.807, 2.05) is 37.2 Å². The molecule has 164 valence electrons. The number of nitrogens with zero attached hydrogens (tertiary/aromatic N) is 4. The van der Waals surface area contributed by atoms with Crippen molar-refractivity contribution in [3.05, 3.63) is 35.5 Å². The van der Waals surface area contributed by atoms with Crippen LogP contribution >= 0.6 is 0 Å². The first-order valence-electron chi connectivity index (χ1n) is 10.2. The Hall–Kier alpha value is -2.91. The van der Waals surface area contributed by atoms with Gasteiger partial charge in [-0.15, -0.1) is 0 Å². The summed E-state index contributed by atoms with van der Waals surface area (Å²) in [6, 6.07) is 5.83. The lowest BCUT2D eigenvalue weighted by Gasteiger charge is -2.34. The largest absolute Gasteiger partial charge is 0.381 e. The first-order chi connectivity index (χ1) is 14.6. The van der Waals surface area contributed by atoms with Crippen LogP contribution in [0.3, 0.4) is 0 Å². The van der Waals surface area contributed by atoms with Gasteiger partial charge in [0.05, 0.1) is 6.20 Å². The van der Waals surface area contributed by atoms with E-state index < -0.39 is 0 Å². The molecule has 2 aliphatic rings. The Kier molecular flexibility index (Phi) is 6.01. The Morgan fingerprint density at radius 2 is 2.03 bits per heavy atom. The van der Waals surface area contributed by atoms with Crippen LogP contribution in [0.1, 0.15) is 31.6 Å². The Morgan fingerprint density at radius 1 is 1.23 bits per heavy atom. The molecule has 0 saturated carbocycles. The zero-order valence-electron chi connectivity index (χ0n) is 17.6. The van der Waals surface area contributed by atoms with Crippen molar-refractivity contribution >= 4 is 29.0 Å². The Morgan fingerprint density at radius 3 is 2.77 bits per heavy atom. The maximum atomic E-state index is 11.9. The minimum absolute atomic E-state index is 0. The van der Waals surface area contributed by atoms with Crippen molar-refractivity contribution in [1.29, 1.82) is 0 Å². The van der Waals surface area contributed by atoms with Gasteiger partial charge in [0.2, 0.25) is 5.95 Å². The first-order valence-corrected chi connectivity index (χ1v) is 10.2. The van der Waals surface area contributed by atoms with Crippen molar-refractivity contribution in [3.63, 3.8) is 0 Å². The monoisotopic (exact) mass is 416 g/mol. The van der Waals surface area contributed by atoms with Crippen LogP contribution in [-0.4, -0.2) is 62.7 Å². The summed E-state index contributed by atoms with van der Waals surface area (Å²) in [4.78, 5) is 25.5. The van der Waals surface area contributed by atoms with Crippen LogP contribution in [0, 0.1) is 6.92 Å². The highest BCUT2D eigenvalue weighted by atomic mass is 16.5. The topological polar surface area (TPSA) is 91.8 Å². The molecular weight excluding hydrogens is 384 g/mol. The number of ether oxygens (including phenoxy) is 2. The molecule has 1 aromatic carbocycles. The standard InChI is InChI=1S/C21H28N6O3.2H2/c1-14-10-15(20(28)22-2)4-5-17(14)24-21-23-11-18-19(25-21)27(13-30-12-26(18)3)16-6-8-29-9-7-16;;/h4-5,10-11,16H,6-9,12-13H2,1-3H3,(H,22,28)(H,23,24,25);2*1H. The van der Waals surface area contributed by atoms with Crippen LogP contribution in [0.15, 0.2) is 24.4 Å². The summed E-state index contributed by atoms with van der Waals surface area (Å²) >= 11 is 0. The van der Waals surface area contributed by atoms with Crippen molar-refractivity contribution in [2.24, 2.45) is 0 Å². The van der Waals surface area contributed by atoms with E-state index in [9.17, 15) is 4.79 Å². The van der Waals surface area contributed by atoms with Gasteiger partial charge in [0, 0.05) is 47.5 Å². The average molecular weight is 417 g/mol. The Balaban J connectivity index is 0.00000181. The van der Waals surface area contributed by atoms with Gasteiger partial charge in [0.25, 0.3) is 5.91 Å². The fourth-order valence-corrected chi connectivity index (χ4v) is 3.80. The summed E-state index contributed by atoms with van der Waals surface area (Å²) in [5.41, 5.74) is 3.36. The summed E-state index contributed by atoms with van der Waals surface area (Å²) in [5, 5.41) is 5.94. The van der Waals surface area contributed by atoms with Crippen LogP contribution in [-0.2, 0) is 9.47 Å². The van der Waals surface area contributed by atoms with E-state index in [-0.39, 0.29) is 8.76 Å². The average Bonchev–Trinajstić information content (AvgIpc) is 2.93. The maximum Gasteiger partial charge on any atom is 0.251 e. The lowest BCUT2D eigenvalue weighted by molar-refractivity contribution is 0.0713. The van der Waals surface area contributed by atoms with E-state index in [1.165, 1.54) is 0 Å². The van der Waals surface area contributed by atoms with Gasteiger partial charge in [0.1, 0.15) is 19.1 Å². The number of amides is 1. The molecule has 30 heavy (non-hydrogen) atoms. The molecule has 0 unspecified atom stereocenters. The Bertz CT molecular complexity index is 926. The van der Waals surface area contributed by atoms with Crippen molar-refractivity contribution in [1.82, 2.24) is 15.3 Å². The van der Waals surface area contributed by atoms with Gasteiger partial charge in [-0.1, -0.05) is 0 Å². The van der Waals surface area contributed by atoms with Crippen LogP contribution < -0.4 is 20.4 Å². The van der Waals surface area contributed by atoms with Crippen molar-refractivity contribution in [2.75, 3.05) is 55.9 Å². The second kappa shape index (κ2) is 8.85. The van der Waals surface area contributed by atoms with E-state index >= 15 is 0 Å². The van der Waals surface area contributed by atoms with Gasteiger partial charge >= 0.3 is 0 Å². The molecule has 9 heteroatoms. The summed E-state index contributed by atoms with van der Waals surface area (Å²) in [7, 11) is 3.60. The summed E-state index contributed by atoms with van der Waals surface area (Å²) in [6.07, 6.45) is 3.72. The van der Waals surface area contributed by atoms with Crippen molar-refractivity contribution in [3.8, 4) is 0 Å². The molecule has 0 radical (unpaired) electrons. The molecule has 1 aromatic heterocycles.